The molecule has 0 amide bonds. The number of guanidine groups is 1. The zero-order chi connectivity index (χ0) is 21.6. The second-order valence-electron chi connectivity index (χ2n) is 7.86. The molecular weight excluding hydrogens is 535 g/mol. The van der Waals surface area contributed by atoms with Crippen molar-refractivity contribution >= 4 is 47.1 Å². The molecular formula is C22H31IN8S. The third-order valence-corrected chi connectivity index (χ3v) is 6.48. The van der Waals surface area contributed by atoms with Crippen molar-refractivity contribution in [2.24, 2.45) is 12.0 Å². The van der Waals surface area contributed by atoms with Crippen LogP contribution in [0.4, 0.5) is 5.82 Å². The minimum absolute atomic E-state index is 0. The summed E-state index contributed by atoms with van der Waals surface area (Å²) in [5.74, 6) is 3.64. The van der Waals surface area contributed by atoms with E-state index in [1.54, 1.807) is 11.3 Å². The third kappa shape index (κ3) is 6.41. The van der Waals surface area contributed by atoms with Gasteiger partial charge in [-0.1, -0.05) is 12.1 Å². The number of aliphatic imine (C=N–C) groups is 1. The number of aromatic nitrogens is 4. The lowest BCUT2D eigenvalue weighted by Gasteiger charge is -2.34. The molecule has 0 aromatic carbocycles. The lowest BCUT2D eigenvalue weighted by atomic mass is 10.1. The number of piperidine rings is 1. The van der Waals surface area contributed by atoms with E-state index < -0.39 is 0 Å². The van der Waals surface area contributed by atoms with Crippen molar-refractivity contribution in [1.29, 1.82) is 0 Å². The van der Waals surface area contributed by atoms with Crippen molar-refractivity contribution in [1.82, 2.24) is 30.4 Å². The monoisotopic (exact) mass is 566 g/mol. The summed E-state index contributed by atoms with van der Waals surface area (Å²) in [6.45, 7) is 7.20. The Kier molecular flexibility index (Phi) is 8.85. The van der Waals surface area contributed by atoms with Crippen LogP contribution in [0.1, 0.15) is 35.1 Å². The summed E-state index contributed by atoms with van der Waals surface area (Å²) in [7, 11) is 1.97. The first-order valence-corrected chi connectivity index (χ1v) is 11.6. The molecule has 3 aromatic heterocycles. The van der Waals surface area contributed by atoms with Gasteiger partial charge in [0.05, 0.1) is 6.54 Å². The average molecular weight is 567 g/mol. The maximum Gasteiger partial charge on any atom is 0.192 e. The highest BCUT2D eigenvalue weighted by atomic mass is 127. The van der Waals surface area contributed by atoms with Gasteiger partial charge in [0, 0.05) is 36.8 Å². The molecule has 0 bridgehead atoms. The van der Waals surface area contributed by atoms with Crippen LogP contribution < -0.4 is 15.5 Å². The number of thiophene rings is 1. The standard InChI is InChI=1S/C22H30N8S.HI/c1-16-6-4-8-20(25-16)30-11-9-18(10-12-30)26-22(23-14-19-7-5-13-31-19)24-15-21-28-27-17(2)29(21)3;/h4-8,13,18H,9-12,14-15H2,1-3H3,(H2,23,24,26);1H. The van der Waals surface area contributed by atoms with E-state index in [-0.39, 0.29) is 24.0 Å². The van der Waals surface area contributed by atoms with Crippen LogP contribution in [0, 0.1) is 13.8 Å². The molecule has 32 heavy (non-hydrogen) atoms. The summed E-state index contributed by atoms with van der Waals surface area (Å²) in [4.78, 5) is 13.1. The van der Waals surface area contributed by atoms with E-state index in [4.69, 9.17) is 4.99 Å². The summed E-state index contributed by atoms with van der Waals surface area (Å²) in [6.07, 6.45) is 2.08. The maximum atomic E-state index is 4.80. The fraction of sp³-hybridized carbons (Fsp3) is 0.455. The van der Waals surface area contributed by atoms with E-state index in [1.807, 2.05) is 31.5 Å². The highest BCUT2D eigenvalue weighted by Crippen LogP contribution is 2.18. The number of anilines is 1. The number of hydrogen-bond acceptors (Lipinski definition) is 6. The number of pyridine rings is 1. The predicted octanol–water partition coefficient (Wildman–Crippen LogP) is 3.41. The van der Waals surface area contributed by atoms with Crippen LogP contribution in [-0.4, -0.2) is 44.8 Å². The molecule has 4 heterocycles. The molecule has 2 N–H and O–H groups in total. The van der Waals surface area contributed by atoms with Crippen LogP contribution in [0.5, 0.6) is 0 Å². The number of hydrogen-bond donors (Lipinski definition) is 2. The van der Waals surface area contributed by atoms with Crippen LogP contribution >= 0.6 is 35.3 Å². The maximum absolute atomic E-state index is 4.80. The second-order valence-corrected chi connectivity index (χ2v) is 8.90. The molecule has 8 nitrogen and oxygen atoms in total. The van der Waals surface area contributed by atoms with Gasteiger partial charge in [0.2, 0.25) is 0 Å². The average Bonchev–Trinajstić information content (AvgIpc) is 3.41. The molecule has 0 unspecified atom stereocenters. The van der Waals surface area contributed by atoms with Gasteiger partial charge in [-0.2, -0.15) is 0 Å². The number of aryl methyl sites for hydroxylation is 2. The van der Waals surface area contributed by atoms with Crippen molar-refractivity contribution < 1.29 is 0 Å². The van der Waals surface area contributed by atoms with E-state index in [0.717, 1.165) is 61.6 Å². The minimum atomic E-state index is 0. The van der Waals surface area contributed by atoms with E-state index in [9.17, 15) is 0 Å². The summed E-state index contributed by atoms with van der Waals surface area (Å²) < 4.78 is 1.98. The van der Waals surface area contributed by atoms with Gasteiger partial charge in [0.25, 0.3) is 0 Å². The minimum Gasteiger partial charge on any atom is -0.356 e. The molecule has 10 heteroatoms. The van der Waals surface area contributed by atoms with Crippen LogP contribution in [0.2, 0.25) is 0 Å². The summed E-state index contributed by atoms with van der Waals surface area (Å²) in [6, 6.07) is 10.8. The van der Waals surface area contributed by atoms with Crippen molar-refractivity contribution in [3.05, 3.63) is 57.9 Å². The summed E-state index contributed by atoms with van der Waals surface area (Å²) in [5, 5.41) is 17.6. The van der Waals surface area contributed by atoms with Gasteiger partial charge in [0.15, 0.2) is 11.8 Å². The molecule has 1 aliphatic rings. The number of nitrogens with zero attached hydrogens (tertiary/aromatic N) is 6. The van der Waals surface area contributed by atoms with Gasteiger partial charge in [-0.15, -0.1) is 45.5 Å². The van der Waals surface area contributed by atoms with Crippen molar-refractivity contribution in [2.45, 2.75) is 45.8 Å². The zero-order valence-electron chi connectivity index (χ0n) is 18.8. The Morgan fingerprint density at radius 1 is 1.16 bits per heavy atom. The number of nitrogens with one attached hydrogen (secondary N) is 2. The molecule has 1 aliphatic heterocycles. The molecule has 1 fully saturated rings. The molecule has 0 aliphatic carbocycles. The smallest absolute Gasteiger partial charge is 0.192 e. The fourth-order valence-corrected chi connectivity index (χ4v) is 4.27. The van der Waals surface area contributed by atoms with E-state index in [1.165, 1.54) is 4.88 Å². The normalized spacial score (nSPS) is 14.8. The summed E-state index contributed by atoms with van der Waals surface area (Å²) in [5.41, 5.74) is 1.06. The molecule has 1 saturated heterocycles. The lowest BCUT2D eigenvalue weighted by Crippen LogP contribution is -2.48. The Morgan fingerprint density at radius 3 is 2.62 bits per heavy atom. The van der Waals surface area contributed by atoms with Crippen molar-refractivity contribution in [3.63, 3.8) is 0 Å². The van der Waals surface area contributed by atoms with E-state index in [2.05, 4.69) is 60.4 Å². The first-order chi connectivity index (χ1) is 15.1. The molecule has 0 saturated carbocycles. The second kappa shape index (κ2) is 11.6. The van der Waals surface area contributed by atoms with Crippen molar-refractivity contribution in [3.8, 4) is 0 Å². The Morgan fingerprint density at radius 2 is 1.97 bits per heavy atom. The molecule has 0 spiro atoms. The van der Waals surface area contributed by atoms with E-state index >= 15 is 0 Å². The van der Waals surface area contributed by atoms with Crippen molar-refractivity contribution in [2.75, 3.05) is 18.0 Å². The van der Waals surface area contributed by atoms with Crippen LogP contribution in [0.3, 0.4) is 0 Å². The highest BCUT2D eigenvalue weighted by Gasteiger charge is 2.21. The molecule has 3 aromatic rings. The Bertz CT molecular complexity index is 1010. The highest BCUT2D eigenvalue weighted by molar-refractivity contribution is 14.0. The first-order valence-electron chi connectivity index (χ1n) is 10.7. The van der Waals surface area contributed by atoms with Crippen LogP contribution in [-0.2, 0) is 20.1 Å². The zero-order valence-corrected chi connectivity index (χ0v) is 21.9. The van der Waals surface area contributed by atoms with Gasteiger partial charge >= 0.3 is 0 Å². The quantitative estimate of drug-likeness (QED) is 0.271. The molecule has 0 radical (unpaired) electrons. The molecule has 4 rings (SSSR count). The van der Waals surface area contributed by atoms with Gasteiger partial charge in [-0.3, -0.25) is 0 Å². The van der Waals surface area contributed by atoms with Gasteiger partial charge in [0.1, 0.15) is 18.2 Å². The Hall–Kier alpha value is -2.21. The van der Waals surface area contributed by atoms with Crippen LogP contribution in [0.25, 0.3) is 0 Å². The molecule has 0 atom stereocenters. The van der Waals surface area contributed by atoms with Crippen LogP contribution in [0.15, 0.2) is 40.7 Å². The topological polar surface area (TPSA) is 83.3 Å². The summed E-state index contributed by atoms with van der Waals surface area (Å²) >= 11 is 1.74. The Balaban J connectivity index is 0.00000289. The third-order valence-electron chi connectivity index (χ3n) is 5.60. The lowest BCUT2D eigenvalue weighted by molar-refractivity contribution is 0.459. The Labute approximate surface area is 210 Å². The largest absolute Gasteiger partial charge is 0.356 e. The fourth-order valence-electron chi connectivity index (χ4n) is 3.63. The first kappa shape index (κ1) is 24.4. The predicted molar refractivity (Wildman–Crippen MR) is 141 cm³/mol. The van der Waals surface area contributed by atoms with Gasteiger partial charge in [-0.05, 0) is 50.3 Å². The number of rotatable bonds is 6. The molecule has 172 valence electrons. The van der Waals surface area contributed by atoms with Gasteiger partial charge < -0.3 is 20.1 Å². The SMILES string of the molecule is Cc1cccc(N2CCC(NC(=NCc3nnc(C)n3C)NCc3cccs3)CC2)n1.I. The number of halogens is 1. The van der Waals surface area contributed by atoms with E-state index in [0.29, 0.717) is 12.6 Å². The van der Waals surface area contributed by atoms with Gasteiger partial charge in [-0.25, -0.2) is 9.98 Å².